The molecule has 0 atom stereocenters. The van der Waals surface area contributed by atoms with Crippen LogP contribution < -0.4 is 10.1 Å². The summed E-state index contributed by atoms with van der Waals surface area (Å²) in [5.74, 6) is 0.920. The lowest BCUT2D eigenvalue weighted by molar-refractivity contribution is 0.311. The summed E-state index contributed by atoms with van der Waals surface area (Å²) >= 11 is 0. The lowest BCUT2D eigenvalue weighted by Crippen LogP contribution is -2.13. The Balaban J connectivity index is 1.66. The van der Waals surface area contributed by atoms with Crippen molar-refractivity contribution in [2.45, 2.75) is 25.8 Å². The van der Waals surface area contributed by atoms with Crippen LogP contribution in [0.1, 0.15) is 24.0 Å². The molecule has 2 rings (SSSR count). The molecule has 0 amide bonds. The van der Waals surface area contributed by atoms with E-state index in [1.807, 2.05) is 24.4 Å². The molecule has 0 saturated carbocycles. The van der Waals surface area contributed by atoms with Crippen LogP contribution in [0.25, 0.3) is 0 Å². The normalized spacial score (nSPS) is 10.5. The summed E-state index contributed by atoms with van der Waals surface area (Å²) < 4.78 is 5.75. The van der Waals surface area contributed by atoms with E-state index in [-0.39, 0.29) is 0 Å². The second-order valence-electron chi connectivity index (χ2n) is 4.92. The number of ether oxygens (including phenoxy) is 1. The van der Waals surface area contributed by atoms with Gasteiger partial charge in [0, 0.05) is 18.9 Å². The molecule has 0 unspecified atom stereocenters. The number of hydrogen-bond donors (Lipinski definition) is 1. The molecular weight excluding hydrogens is 260 g/mol. The monoisotopic (exact) mass is 282 g/mol. The van der Waals surface area contributed by atoms with Crippen LogP contribution >= 0.6 is 0 Å². The first-order valence-corrected chi connectivity index (χ1v) is 7.40. The summed E-state index contributed by atoms with van der Waals surface area (Å²) in [5, 5.41) is 3.27. The highest BCUT2D eigenvalue weighted by atomic mass is 16.5. The lowest BCUT2D eigenvalue weighted by atomic mass is 10.2. The van der Waals surface area contributed by atoms with Gasteiger partial charge in [-0.25, -0.2) is 0 Å². The van der Waals surface area contributed by atoms with Gasteiger partial charge in [0.05, 0.1) is 6.61 Å². The second kappa shape index (κ2) is 9.14. The molecule has 0 bridgehead atoms. The van der Waals surface area contributed by atoms with Gasteiger partial charge in [-0.05, 0) is 62.1 Å². The number of pyridine rings is 1. The van der Waals surface area contributed by atoms with E-state index < -0.39 is 0 Å². The molecule has 0 spiro atoms. The summed E-state index contributed by atoms with van der Waals surface area (Å²) in [6, 6.07) is 12.3. The van der Waals surface area contributed by atoms with Gasteiger partial charge in [-0.15, -0.1) is 0 Å². The Hall–Kier alpha value is -1.87. The summed E-state index contributed by atoms with van der Waals surface area (Å²) in [7, 11) is 0. The van der Waals surface area contributed by atoms with Crippen molar-refractivity contribution in [3.05, 3.63) is 66.8 Å². The van der Waals surface area contributed by atoms with Crippen LogP contribution in [0.4, 0.5) is 0 Å². The molecule has 110 valence electrons. The SMILES string of the molecule is [CH]CCNCc1ccc(OCCCc2cccnc2)cc1. The zero-order valence-corrected chi connectivity index (χ0v) is 12.3. The zero-order valence-electron chi connectivity index (χ0n) is 12.3. The molecule has 1 N–H and O–H groups in total. The van der Waals surface area contributed by atoms with E-state index in [0.29, 0.717) is 6.42 Å². The molecule has 0 aliphatic carbocycles. The third-order valence-electron chi connectivity index (χ3n) is 3.17. The molecule has 3 heteroatoms. The first-order chi connectivity index (χ1) is 10.4. The summed E-state index contributed by atoms with van der Waals surface area (Å²) in [6.45, 7) is 7.85. The number of aromatic nitrogens is 1. The minimum Gasteiger partial charge on any atom is -0.494 e. The van der Waals surface area contributed by atoms with Crippen molar-refractivity contribution >= 4 is 0 Å². The predicted octanol–water partition coefficient (Wildman–Crippen LogP) is 3.28. The van der Waals surface area contributed by atoms with Gasteiger partial charge in [0.2, 0.25) is 0 Å². The van der Waals surface area contributed by atoms with Crippen LogP contribution in [0.5, 0.6) is 5.75 Å². The van der Waals surface area contributed by atoms with Gasteiger partial charge in [0.15, 0.2) is 0 Å². The van der Waals surface area contributed by atoms with Crippen molar-refractivity contribution in [3.63, 3.8) is 0 Å². The third kappa shape index (κ3) is 5.96. The smallest absolute Gasteiger partial charge is 0.119 e. The van der Waals surface area contributed by atoms with E-state index >= 15 is 0 Å². The number of aryl methyl sites for hydroxylation is 1. The van der Waals surface area contributed by atoms with E-state index in [2.05, 4.69) is 28.5 Å². The summed E-state index contributed by atoms with van der Waals surface area (Å²) in [6.07, 6.45) is 6.35. The molecule has 0 saturated heterocycles. The number of benzene rings is 1. The van der Waals surface area contributed by atoms with E-state index in [1.54, 1.807) is 6.20 Å². The molecule has 0 aliphatic rings. The van der Waals surface area contributed by atoms with Gasteiger partial charge in [-0.2, -0.15) is 0 Å². The van der Waals surface area contributed by atoms with Crippen LogP contribution in [0.2, 0.25) is 0 Å². The number of rotatable bonds is 9. The van der Waals surface area contributed by atoms with Crippen LogP contribution in [-0.2, 0) is 13.0 Å². The topological polar surface area (TPSA) is 34.1 Å². The van der Waals surface area contributed by atoms with Crippen molar-refractivity contribution in [2.75, 3.05) is 13.2 Å². The Morgan fingerprint density at radius 2 is 1.95 bits per heavy atom. The fourth-order valence-electron chi connectivity index (χ4n) is 2.05. The lowest BCUT2D eigenvalue weighted by Gasteiger charge is -2.08. The Labute approximate surface area is 127 Å². The number of nitrogens with one attached hydrogen (secondary N) is 1. The molecule has 0 aliphatic heterocycles. The first kappa shape index (κ1) is 15.5. The van der Waals surface area contributed by atoms with Gasteiger partial charge in [-0.3, -0.25) is 4.98 Å². The standard InChI is InChI=1S/C18H22N2O/c1-2-11-19-15-17-7-9-18(10-8-17)21-13-4-6-16-5-3-12-20-14-16/h1,3,5,7-10,12,14,19H,2,4,6,11,13,15H2. The van der Waals surface area contributed by atoms with Gasteiger partial charge in [0.1, 0.15) is 5.75 Å². The van der Waals surface area contributed by atoms with Gasteiger partial charge >= 0.3 is 0 Å². The van der Waals surface area contributed by atoms with Crippen LogP contribution in [-0.4, -0.2) is 18.1 Å². The number of hydrogen-bond acceptors (Lipinski definition) is 3. The first-order valence-electron chi connectivity index (χ1n) is 7.40. The Kier molecular flexibility index (Phi) is 6.75. The summed E-state index contributed by atoms with van der Waals surface area (Å²) in [4.78, 5) is 4.11. The third-order valence-corrected chi connectivity index (χ3v) is 3.17. The molecule has 21 heavy (non-hydrogen) atoms. The zero-order chi connectivity index (χ0) is 14.8. The molecule has 1 heterocycles. The number of nitrogens with zero attached hydrogens (tertiary/aromatic N) is 1. The van der Waals surface area contributed by atoms with E-state index in [9.17, 15) is 0 Å². The van der Waals surface area contributed by atoms with Crippen LogP contribution in [0, 0.1) is 6.92 Å². The van der Waals surface area contributed by atoms with Crippen LogP contribution in [0.15, 0.2) is 48.8 Å². The molecule has 2 aromatic rings. The Bertz CT molecular complexity index is 496. The Morgan fingerprint density at radius 1 is 1.10 bits per heavy atom. The fraction of sp³-hybridized carbons (Fsp3) is 0.333. The molecule has 1 aromatic carbocycles. The van der Waals surface area contributed by atoms with Crippen molar-refractivity contribution in [1.82, 2.24) is 10.3 Å². The summed E-state index contributed by atoms with van der Waals surface area (Å²) in [5.41, 5.74) is 2.49. The maximum atomic E-state index is 5.75. The quantitative estimate of drug-likeness (QED) is 0.717. The van der Waals surface area contributed by atoms with E-state index in [4.69, 9.17) is 11.7 Å². The van der Waals surface area contributed by atoms with Crippen molar-refractivity contribution in [1.29, 1.82) is 0 Å². The van der Waals surface area contributed by atoms with Crippen molar-refractivity contribution < 1.29 is 4.74 Å². The van der Waals surface area contributed by atoms with Crippen molar-refractivity contribution in [2.24, 2.45) is 0 Å². The van der Waals surface area contributed by atoms with E-state index in [1.165, 1.54) is 11.1 Å². The highest BCUT2D eigenvalue weighted by Gasteiger charge is 1.97. The Morgan fingerprint density at radius 3 is 2.67 bits per heavy atom. The molecular formula is C18H22N2O. The highest BCUT2D eigenvalue weighted by Crippen LogP contribution is 2.13. The largest absolute Gasteiger partial charge is 0.494 e. The second-order valence-corrected chi connectivity index (χ2v) is 4.92. The predicted molar refractivity (Wildman–Crippen MR) is 85.1 cm³/mol. The molecule has 2 radical (unpaired) electrons. The minimum absolute atomic E-state index is 0.665. The van der Waals surface area contributed by atoms with Gasteiger partial charge < -0.3 is 10.1 Å². The fourth-order valence-corrected chi connectivity index (χ4v) is 2.05. The van der Waals surface area contributed by atoms with Crippen molar-refractivity contribution in [3.8, 4) is 5.75 Å². The van der Waals surface area contributed by atoms with E-state index in [0.717, 1.165) is 38.3 Å². The minimum atomic E-state index is 0.665. The van der Waals surface area contributed by atoms with Gasteiger partial charge in [0.25, 0.3) is 0 Å². The average molecular weight is 282 g/mol. The highest BCUT2D eigenvalue weighted by molar-refractivity contribution is 5.27. The molecule has 1 aromatic heterocycles. The maximum Gasteiger partial charge on any atom is 0.119 e. The average Bonchev–Trinajstić information content (AvgIpc) is 2.54. The molecule has 3 nitrogen and oxygen atoms in total. The van der Waals surface area contributed by atoms with Crippen LogP contribution in [0.3, 0.4) is 0 Å². The maximum absolute atomic E-state index is 5.75. The van der Waals surface area contributed by atoms with Gasteiger partial charge in [-0.1, -0.05) is 18.2 Å². The molecule has 0 fully saturated rings.